The largest absolute Gasteiger partial charge is 0.481 e. The molecular weight excluding hydrogens is 322 g/mol. The lowest BCUT2D eigenvalue weighted by atomic mass is 10.1. The molecule has 0 spiro atoms. The average molecular weight is 345 g/mol. The maximum Gasteiger partial charge on any atom is 0.261 e. The van der Waals surface area contributed by atoms with E-state index in [0.717, 1.165) is 16.7 Å². The maximum absolute atomic E-state index is 12.4. The lowest BCUT2D eigenvalue weighted by molar-refractivity contribution is -0.128. The van der Waals surface area contributed by atoms with Gasteiger partial charge in [0, 0.05) is 6.54 Å². The van der Waals surface area contributed by atoms with Crippen molar-refractivity contribution in [2.75, 3.05) is 0 Å². The second-order valence-corrected chi connectivity index (χ2v) is 6.11. The summed E-state index contributed by atoms with van der Waals surface area (Å²) in [5.41, 5.74) is 3.36. The normalized spacial score (nSPS) is 11.6. The fourth-order valence-corrected chi connectivity index (χ4v) is 2.74. The molecule has 0 fully saturated rings. The Morgan fingerprint density at radius 1 is 0.846 bits per heavy atom. The van der Waals surface area contributed by atoms with Gasteiger partial charge in [0.15, 0.2) is 6.10 Å². The molecule has 0 aliphatic rings. The van der Waals surface area contributed by atoms with Gasteiger partial charge in [-0.15, -0.1) is 0 Å². The van der Waals surface area contributed by atoms with Crippen LogP contribution in [0, 0.1) is 0 Å². The summed E-state index contributed by atoms with van der Waals surface area (Å²) in [5, 5.41) is 2.94. The molecule has 132 valence electrons. The smallest absolute Gasteiger partial charge is 0.261 e. The zero-order valence-corrected chi connectivity index (χ0v) is 14.9. The molecule has 1 amide bonds. The van der Waals surface area contributed by atoms with E-state index in [4.69, 9.17) is 4.74 Å². The molecule has 1 atom stereocenters. The van der Waals surface area contributed by atoms with E-state index in [0.29, 0.717) is 18.7 Å². The van der Waals surface area contributed by atoms with Crippen LogP contribution in [0.4, 0.5) is 0 Å². The number of carbonyl (C=O) groups is 1. The second kappa shape index (κ2) is 8.86. The lowest BCUT2D eigenvalue weighted by Crippen LogP contribution is -2.37. The number of rotatable bonds is 7. The van der Waals surface area contributed by atoms with Crippen LogP contribution < -0.4 is 10.1 Å². The first kappa shape index (κ1) is 17.7. The van der Waals surface area contributed by atoms with Crippen molar-refractivity contribution < 1.29 is 9.53 Å². The van der Waals surface area contributed by atoms with Gasteiger partial charge in [0.2, 0.25) is 0 Å². The Hall–Kier alpha value is -3.07. The molecule has 0 saturated heterocycles. The Morgan fingerprint density at radius 3 is 2.04 bits per heavy atom. The highest BCUT2D eigenvalue weighted by molar-refractivity contribution is 5.81. The third kappa shape index (κ3) is 4.73. The summed E-state index contributed by atoms with van der Waals surface area (Å²) in [5.74, 6) is 0.606. The van der Waals surface area contributed by atoms with Gasteiger partial charge < -0.3 is 10.1 Å². The standard InChI is InChI=1S/C23H23NO2/c1-2-22(23(25)24-17-18-9-5-3-6-10-18)26-21-15-13-20(14-16-21)19-11-7-4-8-12-19/h3-16,22H,2,17H2,1H3,(H,24,25). The fraction of sp³-hybridized carbons (Fsp3) is 0.174. The van der Waals surface area contributed by atoms with E-state index in [1.165, 1.54) is 0 Å². The maximum atomic E-state index is 12.4. The van der Waals surface area contributed by atoms with Gasteiger partial charge in [-0.3, -0.25) is 4.79 Å². The number of hydrogen-bond acceptors (Lipinski definition) is 2. The van der Waals surface area contributed by atoms with Crippen LogP contribution in [-0.4, -0.2) is 12.0 Å². The Labute approximate surface area is 154 Å². The molecule has 1 N–H and O–H groups in total. The predicted octanol–water partition coefficient (Wildman–Crippen LogP) is 4.83. The Kier molecular flexibility index (Phi) is 6.05. The van der Waals surface area contributed by atoms with Gasteiger partial charge in [0.25, 0.3) is 5.91 Å². The van der Waals surface area contributed by atoms with Gasteiger partial charge in [0.1, 0.15) is 5.75 Å². The van der Waals surface area contributed by atoms with Crippen LogP contribution in [-0.2, 0) is 11.3 Å². The summed E-state index contributed by atoms with van der Waals surface area (Å²) in [4.78, 5) is 12.4. The number of carbonyl (C=O) groups excluding carboxylic acids is 1. The van der Waals surface area contributed by atoms with E-state index in [1.54, 1.807) is 0 Å². The molecule has 0 bridgehead atoms. The third-order valence-electron chi connectivity index (χ3n) is 4.21. The van der Waals surface area contributed by atoms with Gasteiger partial charge in [0.05, 0.1) is 0 Å². The van der Waals surface area contributed by atoms with Crippen LogP contribution in [0.1, 0.15) is 18.9 Å². The predicted molar refractivity (Wildman–Crippen MR) is 105 cm³/mol. The van der Waals surface area contributed by atoms with Crippen LogP contribution in [0.15, 0.2) is 84.9 Å². The molecule has 3 aromatic carbocycles. The van der Waals surface area contributed by atoms with Crippen molar-refractivity contribution in [3.8, 4) is 16.9 Å². The molecule has 1 unspecified atom stereocenters. The van der Waals surface area contributed by atoms with Gasteiger partial charge >= 0.3 is 0 Å². The van der Waals surface area contributed by atoms with E-state index in [1.807, 2.05) is 79.7 Å². The van der Waals surface area contributed by atoms with Crippen molar-refractivity contribution in [1.29, 1.82) is 0 Å². The molecule has 3 rings (SSSR count). The molecule has 3 nitrogen and oxygen atoms in total. The molecule has 0 aromatic heterocycles. The number of hydrogen-bond donors (Lipinski definition) is 1. The van der Waals surface area contributed by atoms with Gasteiger partial charge in [-0.1, -0.05) is 79.7 Å². The first-order chi connectivity index (χ1) is 12.8. The van der Waals surface area contributed by atoms with Gasteiger partial charge in [-0.2, -0.15) is 0 Å². The molecule has 0 aliphatic carbocycles. The lowest BCUT2D eigenvalue weighted by Gasteiger charge is -2.17. The van der Waals surface area contributed by atoms with Crippen molar-refractivity contribution in [3.63, 3.8) is 0 Å². The number of nitrogens with one attached hydrogen (secondary N) is 1. The minimum Gasteiger partial charge on any atom is -0.481 e. The van der Waals surface area contributed by atoms with Gasteiger partial charge in [-0.25, -0.2) is 0 Å². The SMILES string of the molecule is CCC(Oc1ccc(-c2ccccc2)cc1)C(=O)NCc1ccccc1. The van der Waals surface area contributed by atoms with E-state index in [-0.39, 0.29) is 5.91 Å². The fourth-order valence-electron chi connectivity index (χ4n) is 2.74. The van der Waals surface area contributed by atoms with Crippen LogP contribution in [0.2, 0.25) is 0 Å². The number of ether oxygens (including phenoxy) is 1. The van der Waals surface area contributed by atoms with Gasteiger partial charge in [-0.05, 0) is 35.2 Å². The highest BCUT2D eigenvalue weighted by Gasteiger charge is 2.18. The summed E-state index contributed by atoms with van der Waals surface area (Å²) < 4.78 is 5.89. The number of amides is 1. The molecule has 26 heavy (non-hydrogen) atoms. The average Bonchev–Trinajstić information content (AvgIpc) is 2.72. The summed E-state index contributed by atoms with van der Waals surface area (Å²) in [6.07, 6.45) is 0.113. The van der Waals surface area contributed by atoms with E-state index < -0.39 is 6.10 Å². The zero-order chi connectivity index (χ0) is 18.2. The summed E-state index contributed by atoms with van der Waals surface area (Å²) >= 11 is 0. The molecule has 3 aromatic rings. The van der Waals surface area contributed by atoms with E-state index >= 15 is 0 Å². The molecule has 0 saturated carbocycles. The van der Waals surface area contributed by atoms with Crippen LogP contribution in [0.3, 0.4) is 0 Å². The minimum atomic E-state index is -0.499. The Balaban J connectivity index is 1.59. The first-order valence-corrected chi connectivity index (χ1v) is 8.90. The summed E-state index contributed by atoms with van der Waals surface area (Å²) in [6, 6.07) is 27.9. The van der Waals surface area contributed by atoms with Crippen LogP contribution in [0.5, 0.6) is 5.75 Å². The third-order valence-corrected chi connectivity index (χ3v) is 4.21. The Morgan fingerprint density at radius 2 is 1.42 bits per heavy atom. The highest BCUT2D eigenvalue weighted by Crippen LogP contribution is 2.23. The molecule has 0 aliphatic heterocycles. The van der Waals surface area contributed by atoms with E-state index in [9.17, 15) is 4.79 Å². The van der Waals surface area contributed by atoms with Crippen LogP contribution in [0.25, 0.3) is 11.1 Å². The van der Waals surface area contributed by atoms with E-state index in [2.05, 4.69) is 17.4 Å². The van der Waals surface area contributed by atoms with Crippen LogP contribution >= 0.6 is 0 Å². The van der Waals surface area contributed by atoms with Crippen molar-refractivity contribution in [3.05, 3.63) is 90.5 Å². The monoisotopic (exact) mass is 345 g/mol. The van der Waals surface area contributed by atoms with Crippen molar-refractivity contribution in [1.82, 2.24) is 5.32 Å². The Bertz CT molecular complexity index is 814. The quantitative estimate of drug-likeness (QED) is 0.666. The number of benzene rings is 3. The topological polar surface area (TPSA) is 38.3 Å². The highest BCUT2D eigenvalue weighted by atomic mass is 16.5. The first-order valence-electron chi connectivity index (χ1n) is 8.90. The zero-order valence-electron chi connectivity index (χ0n) is 14.9. The molecule has 3 heteroatoms. The molecule has 0 radical (unpaired) electrons. The molecule has 0 heterocycles. The van der Waals surface area contributed by atoms with Crippen molar-refractivity contribution >= 4 is 5.91 Å². The molecular formula is C23H23NO2. The second-order valence-electron chi connectivity index (χ2n) is 6.11. The summed E-state index contributed by atoms with van der Waals surface area (Å²) in [7, 11) is 0. The summed E-state index contributed by atoms with van der Waals surface area (Å²) in [6.45, 7) is 2.46. The van der Waals surface area contributed by atoms with Crippen molar-refractivity contribution in [2.24, 2.45) is 0 Å². The van der Waals surface area contributed by atoms with Crippen molar-refractivity contribution in [2.45, 2.75) is 26.0 Å². The minimum absolute atomic E-state index is 0.0940.